The van der Waals surface area contributed by atoms with E-state index >= 15 is 0 Å². The minimum atomic E-state index is -0.337. The second-order valence-electron chi connectivity index (χ2n) is 6.70. The third kappa shape index (κ3) is 6.35. The minimum Gasteiger partial charge on any atom is -0.483 e. The number of hydrogen-bond donors (Lipinski definition) is 2. The zero-order valence-corrected chi connectivity index (χ0v) is 17.1. The lowest BCUT2D eigenvalue weighted by atomic mass is 10.1. The first-order valence-electron chi connectivity index (χ1n) is 7.94. The lowest BCUT2D eigenvalue weighted by Crippen LogP contribution is -2.40. The Morgan fingerprint density at radius 1 is 1.15 bits per heavy atom. The molecule has 2 rings (SSSR count). The fraction of sp³-hybridized carbons (Fsp3) is 0.263. The van der Waals surface area contributed by atoms with E-state index in [1.165, 1.54) is 0 Å². The third-order valence-corrected chi connectivity index (χ3v) is 4.00. The van der Waals surface area contributed by atoms with Crippen LogP contribution in [0.1, 0.15) is 31.1 Å². The molecule has 0 heterocycles. The number of halogens is 2. The molecule has 0 unspecified atom stereocenters. The molecule has 0 aliphatic carbocycles. The van der Waals surface area contributed by atoms with E-state index in [9.17, 15) is 9.59 Å². The molecule has 5 nitrogen and oxygen atoms in total. The highest BCUT2D eigenvalue weighted by molar-refractivity contribution is 9.10. The number of ether oxygens (including phenoxy) is 1. The van der Waals surface area contributed by atoms with Gasteiger partial charge in [-0.15, -0.1) is 0 Å². The monoisotopic (exact) mass is 438 g/mol. The summed E-state index contributed by atoms with van der Waals surface area (Å²) < 4.78 is 6.14. The second-order valence-corrected chi connectivity index (χ2v) is 7.99. The Morgan fingerprint density at radius 3 is 2.54 bits per heavy atom. The summed E-state index contributed by atoms with van der Waals surface area (Å²) in [4.78, 5) is 24.3. The predicted octanol–water partition coefficient (Wildman–Crippen LogP) is 4.65. The van der Waals surface area contributed by atoms with Gasteiger partial charge in [-0.3, -0.25) is 9.59 Å². The van der Waals surface area contributed by atoms with Crippen LogP contribution in [0.2, 0.25) is 5.02 Å². The van der Waals surface area contributed by atoms with Gasteiger partial charge in [0.15, 0.2) is 6.61 Å². The van der Waals surface area contributed by atoms with E-state index in [0.29, 0.717) is 26.5 Å². The van der Waals surface area contributed by atoms with Crippen molar-refractivity contribution in [3.8, 4) is 5.75 Å². The first-order valence-corrected chi connectivity index (χ1v) is 9.11. The molecule has 0 aromatic heterocycles. The van der Waals surface area contributed by atoms with Gasteiger partial charge >= 0.3 is 0 Å². The fourth-order valence-corrected chi connectivity index (χ4v) is 2.88. The molecule has 7 heteroatoms. The van der Waals surface area contributed by atoms with E-state index in [-0.39, 0.29) is 24.0 Å². The van der Waals surface area contributed by atoms with Gasteiger partial charge in [0, 0.05) is 21.8 Å². The number of benzene rings is 2. The lowest BCUT2D eigenvalue weighted by molar-refractivity contribution is -0.118. The highest BCUT2D eigenvalue weighted by Crippen LogP contribution is 2.27. The maximum Gasteiger partial charge on any atom is 0.262 e. The molecule has 0 saturated heterocycles. The standard InChI is InChI=1S/C19H20BrClN2O3/c1-19(2,3)23-18(25)12-5-4-6-14(9-12)22-17(24)11-26-16-8-7-13(21)10-15(16)20/h4-10H,11H2,1-3H3,(H,22,24)(H,23,25). The fourth-order valence-electron chi connectivity index (χ4n) is 2.08. The van der Waals surface area contributed by atoms with Crippen LogP contribution in [-0.4, -0.2) is 24.0 Å². The van der Waals surface area contributed by atoms with Gasteiger partial charge in [0.1, 0.15) is 5.75 Å². The highest BCUT2D eigenvalue weighted by Gasteiger charge is 2.15. The molecule has 0 saturated carbocycles. The quantitative estimate of drug-likeness (QED) is 0.713. The average molecular weight is 440 g/mol. The number of rotatable bonds is 5. The minimum absolute atomic E-state index is 0.168. The summed E-state index contributed by atoms with van der Waals surface area (Å²) in [6.45, 7) is 5.55. The number of hydrogen-bond acceptors (Lipinski definition) is 3. The number of anilines is 1. The summed E-state index contributed by atoms with van der Waals surface area (Å²) in [5, 5.41) is 6.17. The van der Waals surface area contributed by atoms with E-state index in [4.69, 9.17) is 16.3 Å². The summed E-state index contributed by atoms with van der Waals surface area (Å²) in [6, 6.07) is 11.8. The molecule has 2 amide bonds. The summed E-state index contributed by atoms with van der Waals surface area (Å²) in [5.41, 5.74) is 0.658. The largest absolute Gasteiger partial charge is 0.483 e. The van der Waals surface area contributed by atoms with Crippen LogP contribution in [0.3, 0.4) is 0 Å². The molecule has 2 aromatic carbocycles. The number of amides is 2. The Morgan fingerprint density at radius 2 is 1.88 bits per heavy atom. The van der Waals surface area contributed by atoms with Crippen LogP contribution in [-0.2, 0) is 4.79 Å². The zero-order chi connectivity index (χ0) is 19.3. The first-order chi connectivity index (χ1) is 12.1. The van der Waals surface area contributed by atoms with Gasteiger partial charge in [-0.05, 0) is 73.1 Å². The van der Waals surface area contributed by atoms with Crippen molar-refractivity contribution in [2.75, 3.05) is 11.9 Å². The van der Waals surface area contributed by atoms with Gasteiger partial charge < -0.3 is 15.4 Å². The summed E-state index contributed by atoms with van der Waals surface area (Å²) in [5.74, 6) is -0.0157. The van der Waals surface area contributed by atoms with Gasteiger partial charge in [0.2, 0.25) is 0 Å². The molecule has 0 aliphatic rings. The SMILES string of the molecule is CC(C)(C)NC(=O)c1cccc(NC(=O)COc2ccc(Cl)cc2Br)c1. The predicted molar refractivity (Wildman–Crippen MR) is 107 cm³/mol. The van der Waals surface area contributed by atoms with Crippen molar-refractivity contribution in [1.29, 1.82) is 0 Å². The number of nitrogens with one attached hydrogen (secondary N) is 2. The number of carbonyl (C=O) groups is 2. The van der Waals surface area contributed by atoms with E-state index in [0.717, 1.165) is 0 Å². The maximum absolute atomic E-state index is 12.2. The lowest BCUT2D eigenvalue weighted by Gasteiger charge is -2.20. The molecule has 0 aliphatic heterocycles. The Bertz CT molecular complexity index is 819. The number of carbonyl (C=O) groups excluding carboxylic acids is 2. The second kappa shape index (κ2) is 8.56. The van der Waals surface area contributed by atoms with Gasteiger partial charge in [0.05, 0.1) is 4.47 Å². The van der Waals surface area contributed by atoms with Crippen molar-refractivity contribution >= 4 is 45.0 Å². The van der Waals surface area contributed by atoms with E-state index in [1.54, 1.807) is 42.5 Å². The van der Waals surface area contributed by atoms with Crippen molar-refractivity contribution in [1.82, 2.24) is 5.32 Å². The summed E-state index contributed by atoms with van der Waals surface area (Å²) in [7, 11) is 0. The Labute approximate surface area is 166 Å². The van der Waals surface area contributed by atoms with Crippen molar-refractivity contribution in [2.45, 2.75) is 26.3 Å². The van der Waals surface area contributed by atoms with Gasteiger partial charge in [-0.2, -0.15) is 0 Å². The van der Waals surface area contributed by atoms with E-state index < -0.39 is 0 Å². The molecule has 0 fully saturated rings. The van der Waals surface area contributed by atoms with Crippen molar-refractivity contribution in [3.05, 3.63) is 57.5 Å². The highest BCUT2D eigenvalue weighted by atomic mass is 79.9. The topological polar surface area (TPSA) is 67.4 Å². The molecule has 2 aromatic rings. The average Bonchev–Trinajstić information content (AvgIpc) is 2.52. The molecule has 0 atom stereocenters. The van der Waals surface area contributed by atoms with Gasteiger partial charge in [-0.25, -0.2) is 0 Å². The van der Waals surface area contributed by atoms with Crippen LogP contribution in [0, 0.1) is 0 Å². The molecular formula is C19H20BrClN2O3. The van der Waals surface area contributed by atoms with Gasteiger partial charge in [-0.1, -0.05) is 17.7 Å². The molecule has 26 heavy (non-hydrogen) atoms. The van der Waals surface area contributed by atoms with Crippen molar-refractivity contribution in [2.24, 2.45) is 0 Å². The molecule has 0 spiro atoms. The van der Waals surface area contributed by atoms with Crippen LogP contribution in [0.4, 0.5) is 5.69 Å². The normalized spacial score (nSPS) is 11.0. The Hall–Kier alpha value is -2.05. The smallest absolute Gasteiger partial charge is 0.262 e. The van der Waals surface area contributed by atoms with Crippen LogP contribution in [0.5, 0.6) is 5.75 Å². The molecule has 0 radical (unpaired) electrons. The van der Waals surface area contributed by atoms with Crippen LogP contribution in [0.15, 0.2) is 46.9 Å². The Kier molecular flexibility index (Phi) is 6.67. The molecular weight excluding hydrogens is 420 g/mol. The van der Waals surface area contributed by atoms with Crippen molar-refractivity contribution < 1.29 is 14.3 Å². The molecule has 0 bridgehead atoms. The summed E-state index contributed by atoms with van der Waals surface area (Å²) in [6.07, 6.45) is 0. The maximum atomic E-state index is 12.2. The summed E-state index contributed by atoms with van der Waals surface area (Å²) >= 11 is 9.20. The Balaban J connectivity index is 1.96. The van der Waals surface area contributed by atoms with E-state index in [2.05, 4.69) is 26.6 Å². The van der Waals surface area contributed by atoms with Crippen LogP contribution >= 0.6 is 27.5 Å². The van der Waals surface area contributed by atoms with Crippen molar-refractivity contribution in [3.63, 3.8) is 0 Å². The van der Waals surface area contributed by atoms with E-state index in [1.807, 2.05) is 20.8 Å². The molecule has 138 valence electrons. The van der Waals surface area contributed by atoms with Gasteiger partial charge in [0.25, 0.3) is 11.8 Å². The van der Waals surface area contributed by atoms with Crippen LogP contribution < -0.4 is 15.4 Å². The zero-order valence-electron chi connectivity index (χ0n) is 14.7. The molecule has 2 N–H and O–H groups in total. The first kappa shape index (κ1) is 20.3. The third-order valence-electron chi connectivity index (χ3n) is 3.15. The van der Waals surface area contributed by atoms with Crippen LogP contribution in [0.25, 0.3) is 0 Å².